The summed E-state index contributed by atoms with van der Waals surface area (Å²) in [6.07, 6.45) is 0.890. The van der Waals surface area contributed by atoms with E-state index in [1.54, 1.807) is 12.1 Å². The van der Waals surface area contributed by atoms with E-state index < -0.39 is 15.8 Å². The highest BCUT2D eigenvalue weighted by Crippen LogP contribution is 2.33. The molecular weight excluding hydrogens is 405 g/mol. The summed E-state index contributed by atoms with van der Waals surface area (Å²) in [5, 5.41) is 9.76. The van der Waals surface area contributed by atoms with Crippen LogP contribution < -0.4 is 9.46 Å². The number of hydrogen-bond acceptors (Lipinski definition) is 5. The molecule has 1 heterocycles. The molecular formula is C19H13ClFN3O3S. The molecule has 9 heteroatoms. The van der Waals surface area contributed by atoms with Crippen molar-refractivity contribution in [3.8, 4) is 17.6 Å². The van der Waals surface area contributed by atoms with Crippen LogP contribution in [0.4, 0.5) is 10.2 Å². The molecule has 0 radical (unpaired) electrons. The zero-order chi connectivity index (χ0) is 20.3. The number of aryl methyl sites for hydroxylation is 1. The molecule has 1 N–H and O–H groups in total. The maximum Gasteiger partial charge on any atom is 0.263 e. The molecule has 0 amide bonds. The van der Waals surface area contributed by atoms with Crippen LogP contribution in [0, 0.1) is 24.1 Å². The zero-order valence-corrected chi connectivity index (χ0v) is 16.1. The van der Waals surface area contributed by atoms with E-state index in [0.29, 0.717) is 10.8 Å². The Morgan fingerprint density at radius 1 is 1.14 bits per heavy atom. The number of nitriles is 1. The lowest BCUT2D eigenvalue weighted by atomic mass is 10.2. The van der Waals surface area contributed by atoms with E-state index >= 15 is 0 Å². The van der Waals surface area contributed by atoms with E-state index in [2.05, 4.69) is 9.71 Å². The van der Waals surface area contributed by atoms with Crippen molar-refractivity contribution >= 4 is 27.4 Å². The number of benzene rings is 2. The SMILES string of the molecule is Cc1ccc(Cl)c(Oc2ccc(S(=O)(=O)Nc3ccc(F)cn3)cc2C#N)c1. The molecule has 0 unspecified atom stereocenters. The number of rotatable bonds is 5. The minimum absolute atomic E-state index is 0.00696. The monoisotopic (exact) mass is 417 g/mol. The zero-order valence-electron chi connectivity index (χ0n) is 14.5. The summed E-state index contributed by atoms with van der Waals surface area (Å²) in [5.41, 5.74) is 0.917. The van der Waals surface area contributed by atoms with Crippen molar-refractivity contribution in [3.05, 3.63) is 76.7 Å². The molecule has 3 aromatic rings. The minimum atomic E-state index is -4.03. The highest BCUT2D eigenvalue weighted by atomic mass is 35.5. The fourth-order valence-electron chi connectivity index (χ4n) is 2.29. The van der Waals surface area contributed by atoms with E-state index in [-0.39, 0.29) is 22.0 Å². The molecule has 6 nitrogen and oxygen atoms in total. The first-order valence-corrected chi connectivity index (χ1v) is 9.77. The van der Waals surface area contributed by atoms with Crippen LogP contribution in [0.1, 0.15) is 11.1 Å². The summed E-state index contributed by atoms with van der Waals surface area (Å²) < 4.78 is 45.8. The van der Waals surface area contributed by atoms with Crippen LogP contribution in [0.5, 0.6) is 11.5 Å². The van der Waals surface area contributed by atoms with Gasteiger partial charge in [-0.05, 0) is 55.0 Å². The van der Waals surface area contributed by atoms with Crippen LogP contribution in [0.2, 0.25) is 5.02 Å². The molecule has 142 valence electrons. The predicted octanol–water partition coefficient (Wildman–Crippen LogP) is 4.65. The van der Waals surface area contributed by atoms with Gasteiger partial charge in [-0.15, -0.1) is 0 Å². The number of hydrogen-bond donors (Lipinski definition) is 1. The minimum Gasteiger partial charge on any atom is -0.454 e. The van der Waals surface area contributed by atoms with Gasteiger partial charge in [-0.3, -0.25) is 4.72 Å². The molecule has 0 saturated carbocycles. The average molecular weight is 418 g/mol. The van der Waals surface area contributed by atoms with Gasteiger partial charge in [-0.1, -0.05) is 17.7 Å². The Balaban J connectivity index is 1.91. The Labute approximate surface area is 166 Å². The Bertz CT molecular complexity index is 1180. The second-order valence-corrected chi connectivity index (χ2v) is 7.86. The Kier molecular flexibility index (Phi) is 5.49. The van der Waals surface area contributed by atoms with Crippen LogP contribution in [0.25, 0.3) is 0 Å². The van der Waals surface area contributed by atoms with Crippen molar-refractivity contribution in [3.63, 3.8) is 0 Å². The molecule has 0 aliphatic carbocycles. The summed E-state index contributed by atoms with van der Waals surface area (Å²) in [6.45, 7) is 1.86. The molecule has 0 spiro atoms. The van der Waals surface area contributed by atoms with Gasteiger partial charge in [0.15, 0.2) is 0 Å². The van der Waals surface area contributed by atoms with Gasteiger partial charge in [-0.25, -0.2) is 17.8 Å². The van der Waals surface area contributed by atoms with E-state index in [1.807, 2.05) is 19.1 Å². The topological polar surface area (TPSA) is 92.1 Å². The highest BCUT2D eigenvalue weighted by molar-refractivity contribution is 7.92. The Hall–Kier alpha value is -3.15. The number of aromatic nitrogens is 1. The van der Waals surface area contributed by atoms with Crippen LogP contribution in [0.3, 0.4) is 0 Å². The van der Waals surface area contributed by atoms with Crippen molar-refractivity contribution < 1.29 is 17.5 Å². The summed E-state index contributed by atoms with van der Waals surface area (Å²) in [6, 6.07) is 13.2. The molecule has 0 bridgehead atoms. The molecule has 0 aliphatic heterocycles. The van der Waals surface area contributed by atoms with Crippen LogP contribution >= 0.6 is 11.6 Å². The smallest absolute Gasteiger partial charge is 0.263 e. The molecule has 2 aromatic carbocycles. The number of anilines is 1. The lowest BCUT2D eigenvalue weighted by Crippen LogP contribution is -2.14. The largest absolute Gasteiger partial charge is 0.454 e. The summed E-state index contributed by atoms with van der Waals surface area (Å²) in [5.74, 6) is -0.130. The summed E-state index contributed by atoms with van der Waals surface area (Å²) in [4.78, 5) is 3.48. The maximum absolute atomic E-state index is 12.9. The van der Waals surface area contributed by atoms with Crippen LogP contribution in [-0.2, 0) is 10.0 Å². The Morgan fingerprint density at radius 3 is 2.61 bits per heavy atom. The fraction of sp³-hybridized carbons (Fsp3) is 0.0526. The number of nitrogens with zero attached hydrogens (tertiary/aromatic N) is 2. The lowest BCUT2D eigenvalue weighted by molar-refractivity contribution is 0.480. The Morgan fingerprint density at radius 2 is 1.93 bits per heavy atom. The first-order chi connectivity index (χ1) is 13.3. The van der Waals surface area contributed by atoms with Gasteiger partial charge in [0.1, 0.15) is 29.2 Å². The molecule has 1 aromatic heterocycles. The van der Waals surface area contributed by atoms with E-state index in [1.165, 1.54) is 24.3 Å². The van der Waals surface area contributed by atoms with Crippen LogP contribution in [-0.4, -0.2) is 13.4 Å². The maximum atomic E-state index is 12.9. The van der Waals surface area contributed by atoms with Gasteiger partial charge in [0.05, 0.1) is 21.7 Å². The lowest BCUT2D eigenvalue weighted by Gasteiger charge is -2.12. The molecule has 0 aliphatic rings. The predicted molar refractivity (Wildman–Crippen MR) is 102 cm³/mol. The van der Waals surface area contributed by atoms with Gasteiger partial charge < -0.3 is 4.74 Å². The van der Waals surface area contributed by atoms with Crippen molar-refractivity contribution in [1.29, 1.82) is 5.26 Å². The molecule has 3 rings (SSSR count). The third kappa shape index (κ3) is 4.39. The quantitative estimate of drug-likeness (QED) is 0.652. The average Bonchev–Trinajstić information content (AvgIpc) is 2.66. The van der Waals surface area contributed by atoms with Gasteiger partial charge in [0, 0.05) is 0 Å². The number of sulfonamides is 1. The second kappa shape index (κ2) is 7.84. The normalized spacial score (nSPS) is 10.9. The van der Waals surface area contributed by atoms with Crippen molar-refractivity contribution in [2.24, 2.45) is 0 Å². The first kappa shape index (κ1) is 19.6. The van der Waals surface area contributed by atoms with E-state index in [0.717, 1.165) is 17.8 Å². The van der Waals surface area contributed by atoms with Gasteiger partial charge in [0.25, 0.3) is 10.0 Å². The van der Waals surface area contributed by atoms with Gasteiger partial charge in [0.2, 0.25) is 0 Å². The third-order valence-electron chi connectivity index (χ3n) is 3.65. The van der Waals surface area contributed by atoms with Crippen molar-refractivity contribution in [1.82, 2.24) is 4.98 Å². The number of halogens is 2. The van der Waals surface area contributed by atoms with Crippen molar-refractivity contribution in [2.45, 2.75) is 11.8 Å². The fourth-order valence-corrected chi connectivity index (χ4v) is 3.48. The third-order valence-corrected chi connectivity index (χ3v) is 5.32. The first-order valence-electron chi connectivity index (χ1n) is 7.91. The summed E-state index contributed by atoms with van der Waals surface area (Å²) in [7, 11) is -4.03. The number of nitrogens with one attached hydrogen (secondary N) is 1. The van der Waals surface area contributed by atoms with Gasteiger partial charge in [-0.2, -0.15) is 5.26 Å². The van der Waals surface area contributed by atoms with Crippen LogP contribution in [0.15, 0.2) is 59.6 Å². The van der Waals surface area contributed by atoms with E-state index in [9.17, 15) is 18.1 Å². The molecule has 0 fully saturated rings. The molecule has 0 atom stereocenters. The highest BCUT2D eigenvalue weighted by Gasteiger charge is 2.18. The number of ether oxygens (including phenoxy) is 1. The van der Waals surface area contributed by atoms with Crippen molar-refractivity contribution in [2.75, 3.05) is 4.72 Å². The van der Waals surface area contributed by atoms with E-state index in [4.69, 9.17) is 16.3 Å². The second-order valence-electron chi connectivity index (χ2n) is 5.77. The van der Waals surface area contributed by atoms with Gasteiger partial charge >= 0.3 is 0 Å². The molecule has 0 saturated heterocycles. The summed E-state index contributed by atoms with van der Waals surface area (Å²) >= 11 is 6.10. The number of pyridine rings is 1. The molecule has 28 heavy (non-hydrogen) atoms. The standard InChI is InChI=1S/C19H13ClFN3O3S/c1-12-2-5-16(20)18(8-12)27-17-6-4-15(9-13(17)10-22)28(25,26)24-19-7-3-14(21)11-23-19/h2-9,11H,1H3,(H,23,24).